The van der Waals surface area contributed by atoms with Crippen molar-refractivity contribution in [1.82, 2.24) is 4.98 Å². The molecule has 0 saturated heterocycles. The first-order valence-electron chi connectivity index (χ1n) is 9.39. The van der Waals surface area contributed by atoms with E-state index in [0.717, 1.165) is 28.4 Å². The summed E-state index contributed by atoms with van der Waals surface area (Å²) >= 11 is 0. The highest BCUT2D eigenvalue weighted by atomic mass is 16.5. The van der Waals surface area contributed by atoms with Crippen molar-refractivity contribution in [2.45, 2.75) is 13.8 Å². The number of rotatable bonds is 8. The molecule has 0 spiro atoms. The molecule has 6 nitrogen and oxygen atoms in total. The maximum atomic E-state index is 12.5. The highest BCUT2D eigenvalue weighted by Gasteiger charge is 2.08. The first kappa shape index (κ1) is 20.2. The summed E-state index contributed by atoms with van der Waals surface area (Å²) in [6, 6.07) is 15.0. The van der Waals surface area contributed by atoms with Crippen molar-refractivity contribution < 1.29 is 14.3 Å². The maximum Gasteiger partial charge on any atom is 0.257 e. The van der Waals surface area contributed by atoms with Crippen LogP contribution in [0.4, 0.5) is 11.4 Å². The smallest absolute Gasteiger partial charge is 0.257 e. The molecule has 0 saturated carbocycles. The third-order valence-electron chi connectivity index (χ3n) is 4.52. The van der Waals surface area contributed by atoms with E-state index in [2.05, 4.69) is 15.6 Å². The number of carbonyl (C=O) groups is 1. The summed E-state index contributed by atoms with van der Waals surface area (Å²) in [6.07, 6.45) is 3.23. The van der Waals surface area contributed by atoms with Crippen LogP contribution in [0.1, 0.15) is 21.5 Å². The van der Waals surface area contributed by atoms with Gasteiger partial charge in [-0.1, -0.05) is 6.07 Å². The zero-order chi connectivity index (χ0) is 20.6. The molecule has 0 aliphatic rings. The van der Waals surface area contributed by atoms with Crippen molar-refractivity contribution in [3.8, 4) is 11.5 Å². The van der Waals surface area contributed by atoms with Crippen LogP contribution in [-0.4, -0.2) is 31.2 Å². The quantitative estimate of drug-likeness (QED) is 0.555. The topological polar surface area (TPSA) is 72.5 Å². The van der Waals surface area contributed by atoms with E-state index in [-0.39, 0.29) is 5.91 Å². The summed E-state index contributed by atoms with van der Waals surface area (Å²) in [5.41, 5.74) is 4.34. The van der Waals surface area contributed by atoms with Gasteiger partial charge in [0, 0.05) is 24.6 Å². The first-order valence-corrected chi connectivity index (χ1v) is 9.39. The summed E-state index contributed by atoms with van der Waals surface area (Å²) < 4.78 is 10.8. The largest absolute Gasteiger partial charge is 0.497 e. The average molecular weight is 391 g/mol. The summed E-state index contributed by atoms with van der Waals surface area (Å²) in [7, 11) is 1.63. The third-order valence-corrected chi connectivity index (χ3v) is 4.52. The molecule has 1 aromatic heterocycles. The summed E-state index contributed by atoms with van der Waals surface area (Å²) in [6.45, 7) is 5.12. The number of benzene rings is 2. The standard InChI is InChI=1S/C23H25N3O3/c1-16-4-5-19(12-17(16)2)26-23(27)18-13-20(15-24-14-18)25-10-11-29-22-8-6-21(28-3)7-9-22/h4-9,12-15,25H,10-11H2,1-3H3,(H,26,27). The lowest BCUT2D eigenvalue weighted by Gasteiger charge is -2.11. The number of anilines is 2. The number of methoxy groups -OCH3 is 1. The van der Waals surface area contributed by atoms with Crippen molar-refractivity contribution in [3.05, 3.63) is 77.6 Å². The molecule has 29 heavy (non-hydrogen) atoms. The number of amides is 1. The van der Waals surface area contributed by atoms with Gasteiger partial charge in [0.15, 0.2) is 0 Å². The molecule has 1 amide bonds. The Balaban J connectivity index is 1.51. The molecule has 0 radical (unpaired) electrons. The van der Waals surface area contributed by atoms with Gasteiger partial charge in [-0.25, -0.2) is 0 Å². The zero-order valence-electron chi connectivity index (χ0n) is 16.9. The third kappa shape index (κ3) is 5.72. The molecular weight excluding hydrogens is 366 g/mol. The Hall–Kier alpha value is -3.54. The molecule has 0 atom stereocenters. The highest BCUT2D eigenvalue weighted by molar-refractivity contribution is 6.04. The molecule has 6 heteroatoms. The average Bonchev–Trinajstić information content (AvgIpc) is 2.74. The van der Waals surface area contributed by atoms with Crippen LogP contribution in [0.15, 0.2) is 60.9 Å². The van der Waals surface area contributed by atoms with Gasteiger partial charge >= 0.3 is 0 Å². The van der Waals surface area contributed by atoms with Gasteiger partial charge in [0.25, 0.3) is 5.91 Å². The Morgan fingerprint density at radius 1 is 0.931 bits per heavy atom. The number of aryl methyl sites for hydroxylation is 2. The fraction of sp³-hybridized carbons (Fsp3) is 0.217. The van der Waals surface area contributed by atoms with E-state index in [9.17, 15) is 4.79 Å². The van der Waals surface area contributed by atoms with Gasteiger partial charge in [-0.3, -0.25) is 9.78 Å². The van der Waals surface area contributed by atoms with E-state index in [4.69, 9.17) is 9.47 Å². The Morgan fingerprint density at radius 3 is 2.41 bits per heavy atom. The number of nitrogens with one attached hydrogen (secondary N) is 2. The van der Waals surface area contributed by atoms with Crippen LogP contribution in [-0.2, 0) is 0 Å². The van der Waals surface area contributed by atoms with Crippen molar-refractivity contribution in [2.75, 3.05) is 30.9 Å². The van der Waals surface area contributed by atoms with Gasteiger partial charge in [-0.15, -0.1) is 0 Å². The van der Waals surface area contributed by atoms with E-state index in [1.807, 2.05) is 56.3 Å². The first-order chi connectivity index (χ1) is 14.0. The SMILES string of the molecule is COc1ccc(OCCNc2cncc(C(=O)Nc3ccc(C)c(C)c3)c2)cc1. The van der Waals surface area contributed by atoms with Crippen molar-refractivity contribution >= 4 is 17.3 Å². The Morgan fingerprint density at radius 2 is 1.69 bits per heavy atom. The molecule has 0 aliphatic carbocycles. The zero-order valence-corrected chi connectivity index (χ0v) is 16.9. The lowest BCUT2D eigenvalue weighted by atomic mass is 10.1. The number of hydrogen-bond acceptors (Lipinski definition) is 5. The van der Waals surface area contributed by atoms with Gasteiger partial charge in [0.05, 0.1) is 18.4 Å². The van der Waals surface area contributed by atoms with Crippen molar-refractivity contribution in [3.63, 3.8) is 0 Å². The summed E-state index contributed by atoms with van der Waals surface area (Å²) in [5.74, 6) is 1.36. The molecule has 3 rings (SSSR count). The minimum Gasteiger partial charge on any atom is -0.497 e. The van der Waals surface area contributed by atoms with Gasteiger partial charge in [-0.2, -0.15) is 0 Å². The number of pyridine rings is 1. The van der Waals surface area contributed by atoms with Gasteiger partial charge in [0.1, 0.15) is 18.1 Å². The number of ether oxygens (including phenoxy) is 2. The second kappa shape index (κ2) is 9.59. The van der Waals surface area contributed by atoms with Gasteiger partial charge < -0.3 is 20.1 Å². The predicted molar refractivity (Wildman–Crippen MR) is 115 cm³/mol. The lowest BCUT2D eigenvalue weighted by molar-refractivity contribution is 0.102. The molecule has 3 aromatic rings. The minimum atomic E-state index is -0.195. The van der Waals surface area contributed by atoms with Crippen molar-refractivity contribution in [2.24, 2.45) is 0 Å². The monoisotopic (exact) mass is 391 g/mol. The Labute approximate surface area is 170 Å². The molecule has 2 aromatic carbocycles. The fourth-order valence-corrected chi connectivity index (χ4v) is 2.72. The Bertz CT molecular complexity index is 971. The fourth-order valence-electron chi connectivity index (χ4n) is 2.72. The molecule has 2 N–H and O–H groups in total. The molecule has 0 aliphatic heterocycles. The number of carbonyl (C=O) groups excluding carboxylic acids is 1. The van der Waals surface area contributed by atoms with Crippen LogP contribution < -0.4 is 20.1 Å². The number of aromatic nitrogens is 1. The highest BCUT2D eigenvalue weighted by Crippen LogP contribution is 2.18. The van der Waals surface area contributed by atoms with E-state index in [1.165, 1.54) is 5.56 Å². The maximum absolute atomic E-state index is 12.5. The van der Waals surface area contributed by atoms with Crippen LogP contribution in [0.5, 0.6) is 11.5 Å². The normalized spacial score (nSPS) is 10.3. The van der Waals surface area contributed by atoms with Crippen LogP contribution in [0, 0.1) is 13.8 Å². The molecule has 0 bridgehead atoms. The van der Waals surface area contributed by atoms with E-state index < -0.39 is 0 Å². The van der Waals surface area contributed by atoms with Crippen LogP contribution in [0.25, 0.3) is 0 Å². The molecule has 150 valence electrons. The second-order valence-electron chi connectivity index (χ2n) is 6.67. The Kier molecular flexibility index (Phi) is 6.68. The predicted octanol–water partition coefficient (Wildman–Crippen LogP) is 4.45. The second-order valence-corrected chi connectivity index (χ2v) is 6.67. The summed E-state index contributed by atoms with van der Waals surface area (Å²) in [4.78, 5) is 16.7. The molecule has 1 heterocycles. The lowest BCUT2D eigenvalue weighted by Crippen LogP contribution is -2.14. The van der Waals surface area contributed by atoms with Gasteiger partial charge in [-0.05, 0) is 67.4 Å². The number of hydrogen-bond donors (Lipinski definition) is 2. The van der Waals surface area contributed by atoms with E-state index in [0.29, 0.717) is 18.7 Å². The van der Waals surface area contributed by atoms with Crippen LogP contribution in [0.2, 0.25) is 0 Å². The molecule has 0 fully saturated rings. The van der Waals surface area contributed by atoms with Crippen LogP contribution >= 0.6 is 0 Å². The van der Waals surface area contributed by atoms with E-state index in [1.54, 1.807) is 25.6 Å². The molecular formula is C23H25N3O3. The van der Waals surface area contributed by atoms with Crippen LogP contribution in [0.3, 0.4) is 0 Å². The van der Waals surface area contributed by atoms with Gasteiger partial charge in [0.2, 0.25) is 0 Å². The molecule has 0 unspecified atom stereocenters. The minimum absolute atomic E-state index is 0.195. The number of nitrogens with zero attached hydrogens (tertiary/aromatic N) is 1. The van der Waals surface area contributed by atoms with E-state index >= 15 is 0 Å². The summed E-state index contributed by atoms with van der Waals surface area (Å²) in [5, 5.41) is 6.13. The van der Waals surface area contributed by atoms with Crippen molar-refractivity contribution in [1.29, 1.82) is 0 Å².